The molecule has 2 amide bonds. The maximum absolute atomic E-state index is 11.6. The average molecular weight is 259 g/mol. The van der Waals surface area contributed by atoms with E-state index in [0.717, 1.165) is 0 Å². The quantitative estimate of drug-likeness (QED) is 0.492. The molecule has 5 N–H and O–H groups in total. The fourth-order valence-electron chi connectivity index (χ4n) is 1.05. The fourth-order valence-corrected chi connectivity index (χ4v) is 1.05. The Kier molecular flexibility index (Phi) is 5.77. The van der Waals surface area contributed by atoms with Gasteiger partial charge < -0.3 is 21.5 Å². The maximum atomic E-state index is 11.6. The minimum atomic E-state index is -1.15. The van der Waals surface area contributed by atoms with E-state index >= 15 is 0 Å². The van der Waals surface area contributed by atoms with E-state index in [-0.39, 0.29) is 5.91 Å². The van der Waals surface area contributed by atoms with Crippen LogP contribution in [0.2, 0.25) is 0 Å². The molecular formula is C11H21N3O4. The second-order valence-corrected chi connectivity index (χ2v) is 5.16. The second-order valence-electron chi connectivity index (χ2n) is 5.16. The van der Waals surface area contributed by atoms with Gasteiger partial charge >= 0.3 is 5.97 Å². The van der Waals surface area contributed by atoms with Gasteiger partial charge in [-0.25, -0.2) is 0 Å². The Hall–Kier alpha value is -1.63. The molecule has 0 saturated heterocycles. The van der Waals surface area contributed by atoms with Crippen LogP contribution in [0.15, 0.2) is 0 Å². The second kappa shape index (κ2) is 6.34. The molecule has 0 aliphatic rings. The molecule has 0 aromatic heterocycles. The molecule has 7 nitrogen and oxygen atoms in total. The third-order valence-electron chi connectivity index (χ3n) is 2.12. The molecule has 0 rings (SSSR count). The summed E-state index contributed by atoms with van der Waals surface area (Å²) in [6.45, 7) is 6.81. The van der Waals surface area contributed by atoms with Gasteiger partial charge in [-0.1, -0.05) is 20.8 Å². The SMILES string of the molecule is CC(NC(=O)C(N)CC(=O)O)NC(=O)C(C)(C)C. The summed E-state index contributed by atoms with van der Waals surface area (Å²) in [5.41, 5.74) is 4.81. The zero-order valence-electron chi connectivity index (χ0n) is 11.1. The van der Waals surface area contributed by atoms with Crippen LogP contribution in [0.5, 0.6) is 0 Å². The number of aliphatic carboxylic acids is 1. The molecule has 0 radical (unpaired) electrons. The first-order valence-electron chi connectivity index (χ1n) is 5.62. The Morgan fingerprint density at radius 1 is 1.22 bits per heavy atom. The molecule has 0 aliphatic heterocycles. The van der Waals surface area contributed by atoms with Crippen LogP contribution in [0.3, 0.4) is 0 Å². The number of amides is 2. The number of nitrogens with one attached hydrogen (secondary N) is 2. The monoisotopic (exact) mass is 259 g/mol. The van der Waals surface area contributed by atoms with Gasteiger partial charge in [0.25, 0.3) is 0 Å². The molecule has 0 heterocycles. The molecule has 0 aliphatic carbocycles. The van der Waals surface area contributed by atoms with Crippen LogP contribution in [0.4, 0.5) is 0 Å². The highest BCUT2D eigenvalue weighted by atomic mass is 16.4. The Bertz CT molecular complexity index is 336. The van der Waals surface area contributed by atoms with Gasteiger partial charge in [0.2, 0.25) is 11.8 Å². The normalized spacial score (nSPS) is 14.5. The van der Waals surface area contributed by atoms with E-state index in [0.29, 0.717) is 0 Å². The first-order valence-corrected chi connectivity index (χ1v) is 5.62. The molecule has 7 heteroatoms. The van der Waals surface area contributed by atoms with Gasteiger partial charge in [-0.2, -0.15) is 0 Å². The summed E-state index contributed by atoms with van der Waals surface area (Å²) < 4.78 is 0. The van der Waals surface area contributed by atoms with Gasteiger partial charge in [-0.05, 0) is 6.92 Å². The minimum absolute atomic E-state index is 0.220. The number of nitrogens with two attached hydrogens (primary N) is 1. The van der Waals surface area contributed by atoms with Gasteiger partial charge in [-0.15, -0.1) is 0 Å². The largest absolute Gasteiger partial charge is 0.481 e. The third kappa shape index (κ3) is 6.19. The van der Waals surface area contributed by atoms with E-state index in [9.17, 15) is 14.4 Å². The van der Waals surface area contributed by atoms with Crippen molar-refractivity contribution in [2.45, 2.75) is 46.3 Å². The molecule has 0 aromatic rings. The van der Waals surface area contributed by atoms with Crippen molar-refractivity contribution in [3.8, 4) is 0 Å². The van der Waals surface area contributed by atoms with Crippen molar-refractivity contribution in [2.75, 3.05) is 0 Å². The van der Waals surface area contributed by atoms with E-state index in [4.69, 9.17) is 10.8 Å². The van der Waals surface area contributed by atoms with Crippen LogP contribution in [0, 0.1) is 5.41 Å². The molecule has 0 spiro atoms. The van der Waals surface area contributed by atoms with Crippen LogP contribution in [0.25, 0.3) is 0 Å². The highest BCUT2D eigenvalue weighted by molar-refractivity contribution is 5.87. The first kappa shape index (κ1) is 16.4. The lowest BCUT2D eigenvalue weighted by molar-refractivity contribution is -0.139. The van der Waals surface area contributed by atoms with Gasteiger partial charge in [0, 0.05) is 5.41 Å². The van der Waals surface area contributed by atoms with Crippen molar-refractivity contribution in [1.82, 2.24) is 10.6 Å². The van der Waals surface area contributed by atoms with Crippen molar-refractivity contribution in [1.29, 1.82) is 0 Å². The summed E-state index contributed by atoms with van der Waals surface area (Å²) in [5.74, 6) is -1.98. The van der Waals surface area contributed by atoms with E-state index in [1.54, 1.807) is 27.7 Å². The summed E-state index contributed by atoms with van der Waals surface area (Å²) in [5, 5.41) is 13.5. The lowest BCUT2D eigenvalue weighted by Crippen LogP contribution is -2.53. The van der Waals surface area contributed by atoms with E-state index < -0.39 is 35.9 Å². The van der Waals surface area contributed by atoms with Gasteiger partial charge in [-0.3, -0.25) is 14.4 Å². The van der Waals surface area contributed by atoms with Crippen LogP contribution >= 0.6 is 0 Å². The smallest absolute Gasteiger partial charge is 0.305 e. The molecule has 0 bridgehead atoms. The van der Waals surface area contributed by atoms with E-state index in [1.807, 2.05) is 0 Å². The summed E-state index contributed by atoms with van der Waals surface area (Å²) in [4.78, 5) is 33.5. The number of hydrogen-bond donors (Lipinski definition) is 4. The molecule has 0 saturated carbocycles. The zero-order chi connectivity index (χ0) is 14.5. The van der Waals surface area contributed by atoms with Crippen LogP contribution in [-0.2, 0) is 14.4 Å². The Morgan fingerprint density at radius 2 is 1.72 bits per heavy atom. The lowest BCUT2D eigenvalue weighted by atomic mass is 9.95. The highest BCUT2D eigenvalue weighted by Gasteiger charge is 2.24. The molecule has 2 unspecified atom stereocenters. The minimum Gasteiger partial charge on any atom is -0.481 e. The number of carboxylic acids is 1. The Labute approximate surface area is 106 Å². The summed E-state index contributed by atoms with van der Waals surface area (Å²) in [6.07, 6.45) is -1.06. The average Bonchev–Trinajstić information content (AvgIpc) is 2.14. The number of rotatable bonds is 5. The van der Waals surface area contributed by atoms with Gasteiger partial charge in [0.1, 0.15) is 0 Å². The van der Waals surface area contributed by atoms with Crippen LogP contribution in [0.1, 0.15) is 34.1 Å². The van der Waals surface area contributed by atoms with Crippen molar-refractivity contribution in [2.24, 2.45) is 11.1 Å². The van der Waals surface area contributed by atoms with Gasteiger partial charge in [0.15, 0.2) is 0 Å². The molecule has 104 valence electrons. The van der Waals surface area contributed by atoms with E-state index in [1.165, 1.54) is 0 Å². The zero-order valence-corrected chi connectivity index (χ0v) is 11.1. The number of carbonyl (C=O) groups excluding carboxylic acids is 2. The van der Waals surface area contributed by atoms with Crippen molar-refractivity contribution < 1.29 is 19.5 Å². The Balaban J connectivity index is 4.24. The number of carboxylic acid groups (broad SMARTS) is 1. The summed E-state index contributed by atoms with van der Waals surface area (Å²) in [7, 11) is 0. The van der Waals surface area contributed by atoms with Crippen LogP contribution < -0.4 is 16.4 Å². The molecule has 18 heavy (non-hydrogen) atoms. The number of hydrogen-bond acceptors (Lipinski definition) is 4. The lowest BCUT2D eigenvalue weighted by Gasteiger charge is -2.23. The molecular weight excluding hydrogens is 238 g/mol. The summed E-state index contributed by atoms with van der Waals surface area (Å²) in [6, 6.07) is -1.13. The number of carbonyl (C=O) groups is 3. The standard InChI is InChI=1S/C11H21N3O4/c1-6(14-10(18)11(2,3)4)13-9(17)7(12)5-8(15)16/h6-7H,5,12H2,1-4H3,(H,13,17)(H,14,18)(H,15,16). The summed E-state index contributed by atoms with van der Waals surface area (Å²) >= 11 is 0. The maximum Gasteiger partial charge on any atom is 0.305 e. The van der Waals surface area contributed by atoms with Crippen molar-refractivity contribution >= 4 is 17.8 Å². The van der Waals surface area contributed by atoms with Crippen molar-refractivity contribution in [3.63, 3.8) is 0 Å². The van der Waals surface area contributed by atoms with Crippen LogP contribution in [-0.4, -0.2) is 35.1 Å². The topological polar surface area (TPSA) is 122 Å². The predicted octanol–water partition coefficient (Wildman–Crippen LogP) is -0.587. The highest BCUT2D eigenvalue weighted by Crippen LogP contribution is 2.12. The molecule has 0 aromatic carbocycles. The predicted molar refractivity (Wildman–Crippen MR) is 65.4 cm³/mol. The van der Waals surface area contributed by atoms with E-state index in [2.05, 4.69) is 10.6 Å². The molecule has 0 fully saturated rings. The first-order chi connectivity index (χ1) is 8.04. The molecule has 2 atom stereocenters. The Morgan fingerprint density at radius 3 is 2.11 bits per heavy atom. The van der Waals surface area contributed by atoms with Crippen molar-refractivity contribution in [3.05, 3.63) is 0 Å². The van der Waals surface area contributed by atoms with Gasteiger partial charge in [0.05, 0.1) is 18.6 Å². The third-order valence-corrected chi connectivity index (χ3v) is 2.12. The fraction of sp³-hybridized carbons (Fsp3) is 0.727.